The maximum atomic E-state index is 12.4. The van der Waals surface area contributed by atoms with Gasteiger partial charge in [0.1, 0.15) is 0 Å². The summed E-state index contributed by atoms with van der Waals surface area (Å²) < 4.78 is 0. The van der Waals surface area contributed by atoms with Crippen molar-refractivity contribution in [2.24, 2.45) is 0 Å². The van der Waals surface area contributed by atoms with Gasteiger partial charge in [-0.25, -0.2) is 0 Å². The van der Waals surface area contributed by atoms with Gasteiger partial charge in [0.25, 0.3) is 0 Å². The van der Waals surface area contributed by atoms with Crippen LogP contribution in [-0.4, -0.2) is 29.3 Å². The fraction of sp³-hybridized carbons (Fsp3) is 0.533. The Morgan fingerprint density at radius 3 is 2.68 bits per heavy atom. The molecule has 104 valence electrons. The zero-order valence-corrected chi connectivity index (χ0v) is 12.5. The molecule has 0 saturated carbocycles. The average molecular weight is 300 g/mol. The Hall–Kier alpha value is -0.730. The standard InChI is InChI=1S/C15H19Cl2NO/c16-9-8-14-3-1-2-10-18(14)15(19)11-12-4-6-13(17)7-5-12/h4-7,14H,1-3,8-11H2. The Kier molecular flexibility index (Phi) is 5.53. The molecule has 0 radical (unpaired) electrons. The summed E-state index contributed by atoms with van der Waals surface area (Å²) in [5, 5.41) is 0.703. The lowest BCUT2D eigenvalue weighted by atomic mass is 9.99. The van der Waals surface area contributed by atoms with Crippen molar-refractivity contribution in [1.29, 1.82) is 0 Å². The fourth-order valence-electron chi connectivity index (χ4n) is 2.63. The van der Waals surface area contributed by atoms with Crippen LogP contribution in [-0.2, 0) is 11.2 Å². The number of nitrogens with zero attached hydrogens (tertiary/aromatic N) is 1. The zero-order chi connectivity index (χ0) is 13.7. The van der Waals surface area contributed by atoms with E-state index in [1.807, 2.05) is 29.2 Å². The van der Waals surface area contributed by atoms with Crippen molar-refractivity contribution in [2.75, 3.05) is 12.4 Å². The quantitative estimate of drug-likeness (QED) is 0.772. The molecule has 0 N–H and O–H groups in total. The molecule has 0 aromatic heterocycles. The van der Waals surface area contributed by atoms with E-state index < -0.39 is 0 Å². The lowest BCUT2D eigenvalue weighted by molar-refractivity contribution is -0.134. The Labute approximate surface area is 124 Å². The van der Waals surface area contributed by atoms with E-state index in [4.69, 9.17) is 23.2 Å². The predicted molar refractivity (Wildman–Crippen MR) is 79.8 cm³/mol. The molecule has 1 aromatic carbocycles. The summed E-state index contributed by atoms with van der Waals surface area (Å²) in [6.45, 7) is 0.869. The van der Waals surface area contributed by atoms with E-state index in [2.05, 4.69) is 0 Å². The highest BCUT2D eigenvalue weighted by atomic mass is 35.5. The van der Waals surface area contributed by atoms with Crippen molar-refractivity contribution in [3.63, 3.8) is 0 Å². The first-order valence-corrected chi connectivity index (χ1v) is 7.72. The number of amides is 1. The first kappa shape index (κ1) is 14.7. The van der Waals surface area contributed by atoms with Gasteiger partial charge in [0.2, 0.25) is 5.91 Å². The molecule has 1 unspecified atom stereocenters. The number of rotatable bonds is 4. The van der Waals surface area contributed by atoms with Crippen LogP contribution in [0.15, 0.2) is 24.3 Å². The molecular formula is C15H19Cl2NO. The number of hydrogen-bond acceptors (Lipinski definition) is 1. The van der Waals surface area contributed by atoms with Crippen LogP contribution in [0, 0.1) is 0 Å². The van der Waals surface area contributed by atoms with E-state index in [0.717, 1.165) is 31.4 Å². The van der Waals surface area contributed by atoms with Crippen molar-refractivity contribution in [3.8, 4) is 0 Å². The van der Waals surface area contributed by atoms with Gasteiger partial charge in [0.15, 0.2) is 0 Å². The van der Waals surface area contributed by atoms with Gasteiger partial charge in [-0.1, -0.05) is 23.7 Å². The van der Waals surface area contributed by atoms with Crippen LogP contribution in [0.4, 0.5) is 0 Å². The SMILES string of the molecule is O=C(Cc1ccc(Cl)cc1)N1CCCCC1CCCl. The summed E-state index contributed by atoms with van der Waals surface area (Å²) in [4.78, 5) is 14.4. The summed E-state index contributed by atoms with van der Waals surface area (Å²) in [5.41, 5.74) is 1.02. The molecule has 2 nitrogen and oxygen atoms in total. The molecular weight excluding hydrogens is 281 g/mol. The van der Waals surface area contributed by atoms with Crippen molar-refractivity contribution in [2.45, 2.75) is 38.1 Å². The number of halogens is 2. The molecule has 1 atom stereocenters. The first-order valence-electron chi connectivity index (χ1n) is 6.80. The first-order chi connectivity index (χ1) is 9.20. The minimum absolute atomic E-state index is 0.206. The number of hydrogen-bond donors (Lipinski definition) is 0. The van der Waals surface area contributed by atoms with Crippen LogP contribution in [0.25, 0.3) is 0 Å². The fourth-order valence-corrected chi connectivity index (χ4v) is 3.01. The van der Waals surface area contributed by atoms with E-state index in [1.54, 1.807) is 0 Å². The number of benzene rings is 1. The Morgan fingerprint density at radius 2 is 2.00 bits per heavy atom. The summed E-state index contributed by atoms with van der Waals surface area (Å²) in [5.74, 6) is 0.826. The van der Waals surface area contributed by atoms with Crippen LogP contribution >= 0.6 is 23.2 Å². The molecule has 1 amide bonds. The highest BCUT2D eigenvalue weighted by Gasteiger charge is 2.25. The van der Waals surface area contributed by atoms with Gasteiger partial charge in [-0.05, 0) is 43.4 Å². The van der Waals surface area contributed by atoms with Crippen molar-refractivity contribution >= 4 is 29.1 Å². The van der Waals surface area contributed by atoms with Gasteiger partial charge in [-0.3, -0.25) is 4.79 Å². The van der Waals surface area contributed by atoms with Gasteiger partial charge in [-0.2, -0.15) is 0 Å². The molecule has 1 aromatic rings. The van der Waals surface area contributed by atoms with Gasteiger partial charge < -0.3 is 4.90 Å². The van der Waals surface area contributed by atoms with Crippen LogP contribution in [0.2, 0.25) is 5.02 Å². The van der Waals surface area contributed by atoms with Gasteiger partial charge >= 0.3 is 0 Å². The third kappa shape index (κ3) is 4.12. The van der Waals surface area contributed by atoms with Crippen LogP contribution in [0.5, 0.6) is 0 Å². The summed E-state index contributed by atoms with van der Waals surface area (Å²) >= 11 is 11.7. The van der Waals surface area contributed by atoms with Crippen LogP contribution in [0.3, 0.4) is 0 Å². The number of alkyl halides is 1. The normalized spacial score (nSPS) is 19.5. The van der Waals surface area contributed by atoms with Crippen LogP contribution in [0.1, 0.15) is 31.2 Å². The molecule has 1 heterocycles. The van der Waals surface area contributed by atoms with E-state index in [-0.39, 0.29) is 5.91 Å². The highest BCUT2D eigenvalue weighted by molar-refractivity contribution is 6.30. The molecule has 1 saturated heterocycles. The Morgan fingerprint density at radius 1 is 1.26 bits per heavy atom. The lowest BCUT2D eigenvalue weighted by Crippen LogP contribution is -2.44. The predicted octanol–water partition coefficient (Wildman–Crippen LogP) is 3.89. The van der Waals surface area contributed by atoms with Crippen LogP contribution < -0.4 is 0 Å². The molecule has 1 aliphatic rings. The van der Waals surface area contributed by atoms with E-state index >= 15 is 0 Å². The maximum absolute atomic E-state index is 12.4. The molecule has 1 aliphatic heterocycles. The molecule has 0 spiro atoms. The topological polar surface area (TPSA) is 20.3 Å². The van der Waals surface area contributed by atoms with Gasteiger partial charge in [0, 0.05) is 23.5 Å². The minimum Gasteiger partial charge on any atom is -0.339 e. The monoisotopic (exact) mass is 299 g/mol. The summed E-state index contributed by atoms with van der Waals surface area (Å²) in [7, 11) is 0. The minimum atomic E-state index is 0.206. The van der Waals surface area contributed by atoms with Crippen molar-refractivity contribution in [3.05, 3.63) is 34.9 Å². The Balaban J connectivity index is 1.99. The molecule has 0 bridgehead atoms. The van der Waals surface area contributed by atoms with Crippen molar-refractivity contribution in [1.82, 2.24) is 4.90 Å². The summed E-state index contributed by atoms with van der Waals surface area (Å²) in [6.07, 6.45) is 4.74. The molecule has 19 heavy (non-hydrogen) atoms. The smallest absolute Gasteiger partial charge is 0.227 e. The van der Waals surface area contributed by atoms with E-state index in [1.165, 1.54) is 6.42 Å². The Bertz CT molecular complexity index is 417. The highest BCUT2D eigenvalue weighted by Crippen LogP contribution is 2.21. The number of piperidine rings is 1. The van der Waals surface area contributed by atoms with Gasteiger partial charge in [0.05, 0.1) is 6.42 Å². The van der Waals surface area contributed by atoms with Gasteiger partial charge in [-0.15, -0.1) is 11.6 Å². The summed E-state index contributed by atoms with van der Waals surface area (Å²) in [6, 6.07) is 7.82. The zero-order valence-electron chi connectivity index (χ0n) is 10.9. The average Bonchev–Trinajstić information content (AvgIpc) is 2.42. The molecule has 0 aliphatic carbocycles. The molecule has 1 fully saturated rings. The molecule has 2 rings (SSSR count). The maximum Gasteiger partial charge on any atom is 0.227 e. The van der Waals surface area contributed by atoms with Crippen molar-refractivity contribution < 1.29 is 4.79 Å². The van der Waals surface area contributed by atoms with E-state index in [9.17, 15) is 4.79 Å². The molecule has 4 heteroatoms. The third-order valence-corrected chi connectivity index (χ3v) is 4.13. The number of carbonyl (C=O) groups is 1. The second-order valence-corrected chi connectivity index (χ2v) is 5.83. The largest absolute Gasteiger partial charge is 0.339 e. The third-order valence-electron chi connectivity index (χ3n) is 3.66. The number of carbonyl (C=O) groups excluding carboxylic acids is 1. The number of likely N-dealkylation sites (tertiary alicyclic amines) is 1. The second kappa shape index (κ2) is 7.16. The second-order valence-electron chi connectivity index (χ2n) is 5.02. The van der Waals surface area contributed by atoms with E-state index in [0.29, 0.717) is 23.4 Å². The lowest BCUT2D eigenvalue weighted by Gasteiger charge is -2.35.